The predicted molar refractivity (Wildman–Crippen MR) is 136 cm³/mol. The van der Waals surface area contributed by atoms with Crippen molar-refractivity contribution in [3.63, 3.8) is 0 Å². The number of nitrogens with zero attached hydrogens (tertiary/aromatic N) is 2. The van der Waals surface area contributed by atoms with E-state index in [9.17, 15) is 20.0 Å². The molecule has 0 saturated carbocycles. The molecule has 0 radical (unpaired) electrons. The number of hydrogen-bond acceptors (Lipinski definition) is 6. The highest BCUT2D eigenvalue weighted by atomic mass is 35.5. The summed E-state index contributed by atoms with van der Waals surface area (Å²) >= 11 is 6.46. The van der Waals surface area contributed by atoms with Crippen LogP contribution in [0, 0.1) is 24.0 Å². The van der Waals surface area contributed by atoms with E-state index in [-0.39, 0.29) is 33.3 Å². The maximum Gasteiger partial charge on any atom is 0.340 e. The number of fused-ring (bicyclic) bond motifs is 1. The van der Waals surface area contributed by atoms with Crippen molar-refractivity contribution < 1.29 is 14.4 Å². The maximum atomic E-state index is 12.7. The second kappa shape index (κ2) is 8.55. The standard InChI is InChI=1S/C26H29ClN2O5/c1-13-9-14(2)22(29(32)33)20-18(27)10-15(28-21(13)20)11-19(30)23-16(25(3,4)5)12-17(24(31)34-23)26(6,7)8/h9-12,30H,1-8H3/b19-11-. The molecular formula is C26H29ClN2O5. The van der Waals surface area contributed by atoms with Gasteiger partial charge in [-0.3, -0.25) is 10.1 Å². The molecule has 2 heterocycles. The highest BCUT2D eigenvalue weighted by Crippen LogP contribution is 2.37. The lowest BCUT2D eigenvalue weighted by atomic mass is 9.81. The molecule has 2 aromatic heterocycles. The fraction of sp³-hybridized carbons (Fsp3) is 0.385. The Balaban J connectivity index is 2.27. The lowest BCUT2D eigenvalue weighted by Gasteiger charge is -2.25. The average Bonchev–Trinajstić information content (AvgIpc) is 2.66. The molecule has 0 aliphatic rings. The monoisotopic (exact) mass is 484 g/mol. The Bertz CT molecular complexity index is 1410. The Morgan fingerprint density at radius 3 is 2.18 bits per heavy atom. The van der Waals surface area contributed by atoms with Gasteiger partial charge in [-0.2, -0.15) is 0 Å². The van der Waals surface area contributed by atoms with Crippen molar-refractivity contribution in [2.75, 3.05) is 0 Å². The van der Waals surface area contributed by atoms with Gasteiger partial charge in [0.05, 0.1) is 26.5 Å². The second-order valence-corrected chi connectivity index (χ2v) is 11.0. The van der Waals surface area contributed by atoms with Gasteiger partial charge in [0.25, 0.3) is 5.69 Å². The molecule has 3 rings (SSSR count). The zero-order valence-corrected chi connectivity index (χ0v) is 21.4. The summed E-state index contributed by atoms with van der Waals surface area (Å²) < 4.78 is 5.61. The number of hydrogen-bond donors (Lipinski definition) is 1. The first-order valence-electron chi connectivity index (χ1n) is 10.9. The number of aryl methyl sites for hydroxylation is 2. The Morgan fingerprint density at radius 2 is 1.65 bits per heavy atom. The van der Waals surface area contributed by atoms with E-state index in [1.807, 2.05) is 41.5 Å². The summed E-state index contributed by atoms with van der Waals surface area (Å²) in [5, 5.41) is 23.0. The van der Waals surface area contributed by atoms with E-state index in [1.165, 1.54) is 12.1 Å². The van der Waals surface area contributed by atoms with E-state index in [1.54, 1.807) is 26.0 Å². The largest absolute Gasteiger partial charge is 0.504 e. The van der Waals surface area contributed by atoms with E-state index in [0.29, 0.717) is 27.8 Å². The summed E-state index contributed by atoms with van der Waals surface area (Å²) in [5.74, 6) is -0.236. The van der Waals surface area contributed by atoms with Crippen molar-refractivity contribution in [2.45, 2.75) is 66.2 Å². The van der Waals surface area contributed by atoms with Crippen LogP contribution in [0.2, 0.25) is 5.02 Å². The van der Waals surface area contributed by atoms with Gasteiger partial charge >= 0.3 is 5.63 Å². The lowest BCUT2D eigenvalue weighted by Crippen LogP contribution is -2.26. The Morgan fingerprint density at radius 1 is 1.06 bits per heavy atom. The number of aliphatic hydroxyl groups is 1. The summed E-state index contributed by atoms with van der Waals surface area (Å²) in [6, 6.07) is 4.91. The van der Waals surface area contributed by atoms with Crippen LogP contribution in [0.25, 0.3) is 22.7 Å². The van der Waals surface area contributed by atoms with Gasteiger partial charge in [0.1, 0.15) is 0 Å². The Labute approximate surface area is 203 Å². The van der Waals surface area contributed by atoms with Crippen molar-refractivity contribution in [1.29, 1.82) is 0 Å². The molecule has 0 bridgehead atoms. The van der Waals surface area contributed by atoms with Gasteiger partial charge in [0, 0.05) is 22.8 Å². The molecule has 0 fully saturated rings. The minimum absolute atomic E-state index is 0.0510. The zero-order chi connectivity index (χ0) is 25.7. The van der Waals surface area contributed by atoms with Crippen molar-refractivity contribution in [3.05, 3.63) is 77.5 Å². The summed E-state index contributed by atoms with van der Waals surface area (Å²) in [5.41, 5.74) is 1.53. The number of pyridine rings is 1. The van der Waals surface area contributed by atoms with Gasteiger partial charge in [0.15, 0.2) is 11.5 Å². The van der Waals surface area contributed by atoms with E-state index in [4.69, 9.17) is 16.0 Å². The average molecular weight is 485 g/mol. The second-order valence-electron chi connectivity index (χ2n) is 10.6. The fourth-order valence-electron chi connectivity index (χ4n) is 3.96. The smallest absolute Gasteiger partial charge is 0.340 e. The van der Waals surface area contributed by atoms with E-state index < -0.39 is 21.4 Å². The highest BCUT2D eigenvalue weighted by Gasteiger charge is 2.28. The van der Waals surface area contributed by atoms with E-state index in [0.717, 1.165) is 0 Å². The van der Waals surface area contributed by atoms with Crippen molar-refractivity contribution in [1.82, 2.24) is 4.98 Å². The van der Waals surface area contributed by atoms with Gasteiger partial charge in [-0.05, 0) is 48.4 Å². The number of nitro benzene ring substituents is 1. The number of rotatable bonds is 3. The summed E-state index contributed by atoms with van der Waals surface area (Å²) in [6.45, 7) is 15.1. The van der Waals surface area contributed by atoms with Crippen LogP contribution < -0.4 is 5.63 Å². The molecule has 0 unspecified atom stereocenters. The van der Waals surface area contributed by atoms with Crippen molar-refractivity contribution in [3.8, 4) is 0 Å². The molecule has 180 valence electrons. The molecular weight excluding hydrogens is 456 g/mol. The maximum absolute atomic E-state index is 12.7. The number of aromatic nitrogens is 1. The third-order valence-corrected chi connectivity index (χ3v) is 5.97. The van der Waals surface area contributed by atoms with Crippen LogP contribution >= 0.6 is 11.6 Å². The first-order valence-corrected chi connectivity index (χ1v) is 11.2. The summed E-state index contributed by atoms with van der Waals surface area (Å²) in [4.78, 5) is 28.4. The van der Waals surface area contributed by atoms with Crippen molar-refractivity contribution >= 4 is 40.0 Å². The van der Waals surface area contributed by atoms with Crippen LogP contribution in [0.15, 0.2) is 27.4 Å². The Kier molecular flexibility index (Phi) is 6.39. The van der Waals surface area contributed by atoms with Crippen LogP contribution in [0.4, 0.5) is 5.69 Å². The summed E-state index contributed by atoms with van der Waals surface area (Å²) in [6.07, 6.45) is 1.35. The van der Waals surface area contributed by atoms with Crippen LogP contribution in [0.1, 0.15) is 75.3 Å². The first kappa shape index (κ1) is 25.4. The molecule has 0 aliphatic carbocycles. The number of benzene rings is 1. The third-order valence-electron chi connectivity index (χ3n) is 5.67. The fourth-order valence-corrected chi connectivity index (χ4v) is 4.25. The van der Waals surface area contributed by atoms with Gasteiger partial charge < -0.3 is 9.52 Å². The molecule has 0 aliphatic heterocycles. The minimum Gasteiger partial charge on any atom is -0.504 e. The van der Waals surface area contributed by atoms with Gasteiger partial charge in [0.2, 0.25) is 0 Å². The first-order chi connectivity index (χ1) is 15.5. The Hall–Kier alpha value is -3.19. The molecule has 1 aromatic carbocycles. The van der Waals surface area contributed by atoms with E-state index in [2.05, 4.69) is 4.98 Å². The summed E-state index contributed by atoms with van der Waals surface area (Å²) in [7, 11) is 0. The molecule has 0 spiro atoms. The predicted octanol–water partition coefficient (Wildman–Crippen LogP) is 7.02. The van der Waals surface area contributed by atoms with Crippen molar-refractivity contribution in [2.24, 2.45) is 0 Å². The molecule has 8 heteroatoms. The molecule has 7 nitrogen and oxygen atoms in total. The molecule has 0 saturated heterocycles. The quantitative estimate of drug-likeness (QED) is 0.243. The molecule has 0 atom stereocenters. The normalized spacial score (nSPS) is 12.9. The number of aliphatic hydroxyl groups excluding tert-OH is 1. The van der Waals surface area contributed by atoms with Crippen LogP contribution in [0.5, 0.6) is 0 Å². The van der Waals surface area contributed by atoms with Crippen LogP contribution in [-0.2, 0) is 10.8 Å². The molecule has 0 amide bonds. The van der Waals surface area contributed by atoms with Gasteiger partial charge in [-0.25, -0.2) is 9.78 Å². The van der Waals surface area contributed by atoms with E-state index >= 15 is 0 Å². The van der Waals surface area contributed by atoms with Gasteiger partial charge in [-0.1, -0.05) is 53.1 Å². The van der Waals surface area contributed by atoms with Crippen LogP contribution in [-0.4, -0.2) is 15.0 Å². The number of halogens is 1. The lowest BCUT2D eigenvalue weighted by molar-refractivity contribution is -0.383. The van der Waals surface area contributed by atoms with Crippen LogP contribution in [0.3, 0.4) is 0 Å². The highest BCUT2D eigenvalue weighted by molar-refractivity contribution is 6.36. The molecule has 3 aromatic rings. The zero-order valence-electron chi connectivity index (χ0n) is 20.7. The van der Waals surface area contributed by atoms with Gasteiger partial charge in [-0.15, -0.1) is 0 Å². The molecule has 1 N–H and O–H groups in total. The number of nitro groups is 1. The SMILES string of the molecule is Cc1cc(C)c2nc(/C=C(\O)c3oc(=O)c(C(C)(C)C)cc3C(C)(C)C)cc(Cl)c2c1[N+](=O)[O-]. The topological polar surface area (TPSA) is 106 Å². The molecule has 34 heavy (non-hydrogen) atoms. The third kappa shape index (κ3) is 4.71. The minimum atomic E-state index is -0.526.